The van der Waals surface area contributed by atoms with E-state index in [9.17, 15) is 0 Å². The van der Waals surface area contributed by atoms with Gasteiger partial charge >= 0.3 is 0 Å². The highest BCUT2D eigenvalue weighted by Crippen LogP contribution is 2.42. The van der Waals surface area contributed by atoms with Crippen LogP contribution in [-0.4, -0.2) is 15.7 Å². The Morgan fingerprint density at radius 2 is 2.00 bits per heavy atom. The van der Waals surface area contributed by atoms with Crippen molar-refractivity contribution >= 4 is 37.5 Å². The summed E-state index contributed by atoms with van der Waals surface area (Å²) in [6.45, 7) is 0. The molecule has 0 fully saturated rings. The van der Waals surface area contributed by atoms with E-state index in [-0.39, 0.29) is 0 Å². The molecule has 1 aromatic carbocycles. The van der Waals surface area contributed by atoms with Crippen molar-refractivity contribution < 1.29 is 0 Å². The lowest BCUT2D eigenvalue weighted by molar-refractivity contribution is 1.26. The average Bonchev–Trinajstić information content (AvgIpc) is 2.82. The van der Waals surface area contributed by atoms with E-state index in [0.29, 0.717) is 0 Å². The molecule has 0 spiro atoms. The van der Waals surface area contributed by atoms with Crippen LogP contribution in [-0.2, 0) is 0 Å². The third kappa shape index (κ3) is 1.75. The van der Waals surface area contributed by atoms with Gasteiger partial charge in [-0.3, -0.25) is 4.98 Å². The molecule has 4 heteroatoms. The van der Waals surface area contributed by atoms with Gasteiger partial charge in [-0.2, -0.15) is 0 Å². The number of benzene rings is 1. The Bertz CT molecular complexity index is 537. The predicted octanol–water partition coefficient (Wildman–Crippen LogP) is 3.37. The van der Waals surface area contributed by atoms with Crippen molar-refractivity contribution in [1.29, 1.82) is 0 Å². The standard InChI is InChI=1S/C11H8N2S2/c1-2-4-9-8(3-1)12-7-10(13-9)11-5-6-14-15-11/h1-5,7H,6H2. The Kier molecular flexibility index (Phi) is 2.38. The first-order valence-corrected chi connectivity index (χ1v) is 6.97. The van der Waals surface area contributed by atoms with Gasteiger partial charge in [-0.25, -0.2) is 4.98 Å². The van der Waals surface area contributed by atoms with Gasteiger partial charge in [0.1, 0.15) is 0 Å². The fourth-order valence-corrected chi connectivity index (χ4v) is 3.58. The molecule has 0 bridgehead atoms. The summed E-state index contributed by atoms with van der Waals surface area (Å²) in [5, 5.41) is 0. The van der Waals surface area contributed by atoms with Gasteiger partial charge in [-0.1, -0.05) is 39.8 Å². The van der Waals surface area contributed by atoms with Crippen molar-refractivity contribution in [1.82, 2.24) is 9.97 Å². The summed E-state index contributed by atoms with van der Waals surface area (Å²) in [7, 11) is 3.62. The molecule has 0 N–H and O–H groups in total. The van der Waals surface area contributed by atoms with Gasteiger partial charge in [-0.15, -0.1) is 0 Å². The van der Waals surface area contributed by atoms with E-state index in [0.717, 1.165) is 22.5 Å². The number of aromatic nitrogens is 2. The molecule has 1 aliphatic rings. The van der Waals surface area contributed by atoms with Crippen LogP contribution in [0.2, 0.25) is 0 Å². The molecule has 0 radical (unpaired) electrons. The quantitative estimate of drug-likeness (QED) is 0.704. The van der Waals surface area contributed by atoms with E-state index in [4.69, 9.17) is 0 Å². The van der Waals surface area contributed by atoms with Gasteiger partial charge in [0, 0.05) is 10.7 Å². The van der Waals surface area contributed by atoms with E-state index >= 15 is 0 Å². The van der Waals surface area contributed by atoms with E-state index in [1.54, 1.807) is 10.8 Å². The monoisotopic (exact) mass is 232 g/mol. The molecule has 0 aliphatic carbocycles. The number of fused-ring (bicyclic) bond motifs is 1. The van der Waals surface area contributed by atoms with Crippen LogP contribution in [0, 0.1) is 0 Å². The zero-order valence-electron chi connectivity index (χ0n) is 7.88. The largest absolute Gasteiger partial charge is 0.252 e. The maximum absolute atomic E-state index is 4.59. The van der Waals surface area contributed by atoms with Crippen LogP contribution >= 0.6 is 21.6 Å². The van der Waals surface area contributed by atoms with Gasteiger partial charge in [0.2, 0.25) is 0 Å². The van der Waals surface area contributed by atoms with Crippen molar-refractivity contribution in [3.05, 3.63) is 42.2 Å². The lowest BCUT2D eigenvalue weighted by Crippen LogP contribution is -1.89. The third-order valence-electron chi connectivity index (χ3n) is 2.19. The molecule has 2 heterocycles. The van der Waals surface area contributed by atoms with Crippen LogP contribution in [0.3, 0.4) is 0 Å². The number of rotatable bonds is 1. The molecule has 3 rings (SSSR count). The van der Waals surface area contributed by atoms with Crippen molar-refractivity contribution in [2.75, 3.05) is 5.75 Å². The molecule has 0 unspecified atom stereocenters. The maximum Gasteiger partial charge on any atom is 0.0962 e. The Hall–Kier alpha value is -1.000. The lowest BCUT2D eigenvalue weighted by Gasteiger charge is -2.01. The third-order valence-corrected chi connectivity index (χ3v) is 4.46. The number of hydrogen-bond acceptors (Lipinski definition) is 4. The van der Waals surface area contributed by atoms with Crippen molar-refractivity contribution in [3.63, 3.8) is 0 Å². The number of para-hydroxylation sites is 2. The minimum atomic E-state index is 0.956. The fourth-order valence-electron chi connectivity index (χ4n) is 1.46. The second-order valence-electron chi connectivity index (χ2n) is 3.18. The van der Waals surface area contributed by atoms with E-state index in [1.807, 2.05) is 41.3 Å². The average molecular weight is 232 g/mol. The van der Waals surface area contributed by atoms with Gasteiger partial charge in [-0.05, 0) is 12.1 Å². The normalized spacial score (nSPS) is 15.6. The summed E-state index contributed by atoms with van der Waals surface area (Å²) in [5.41, 5.74) is 2.91. The second kappa shape index (κ2) is 3.87. The highest BCUT2D eigenvalue weighted by Gasteiger charge is 2.10. The first-order chi connectivity index (χ1) is 7.43. The highest BCUT2D eigenvalue weighted by atomic mass is 33.1. The van der Waals surface area contributed by atoms with Gasteiger partial charge in [0.25, 0.3) is 0 Å². The Morgan fingerprint density at radius 3 is 2.80 bits per heavy atom. The first kappa shape index (κ1) is 9.24. The molecule has 1 aliphatic heterocycles. The van der Waals surface area contributed by atoms with E-state index < -0.39 is 0 Å². The lowest BCUT2D eigenvalue weighted by atomic mass is 10.3. The Balaban J connectivity index is 2.13. The minimum Gasteiger partial charge on any atom is -0.252 e. The zero-order valence-corrected chi connectivity index (χ0v) is 9.52. The van der Waals surface area contributed by atoms with Crippen LogP contribution in [0.4, 0.5) is 0 Å². The molecular weight excluding hydrogens is 224 g/mol. The molecule has 0 atom stereocenters. The van der Waals surface area contributed by atoms with Gasteiger partial charge < -0.3 is 0 Å². The molecule has 2 aromatic rings. The van der Waals surface area contributed by atoms with Crippen molar-refractivity contribution in [2.45, 2.75) is 0 Å². The molecule has 2 nitrogen and oxygen atoms in total. The highest BCUT2D eigenvalue weighted by molar-refractivity contribution is 8.80. The number of hydrogen-bond donors (Lipinski definition) is 0. The second-order valence-corrected chi connectivity index (χ2v) is 5.56. The van der Waals surface area contributed by atoms with Crippen LogP contribution in [0.1, 0.15) is 5.69 Å². The van der Waals surface area contributed by atoms with Crippen molar-refractivity contribution in [3.8, 4) is 0 Å². The molecule has 15 heavy (non-hydrogen) atoms. The molecule has 0 saturated heterocycles. The summed E-state index contributed by atoms with van der Waals surface area (Å²) in [6, 6.07) is 7.96. The zero-order chi connectivity index (χ0) is 10.1. The fraction of sp³-hybridized carbons (Fsp3) is 0.0909. The smallest absolute Gasteiger partial charge is 0.0962 e. The summed E-state index contributed by atoms with van der Waals surface area (Å²) in [5.74, 6) is 1.06. The van der Waals surface area contributed by atoms with Crippen LogP contribution < -0.4 is 0 Å². The Labute approximate surface area is 95.6 Å². The maximum atomic E-state index is 4.59. The topological polar surface area (TPSA) is 25.8 Å². The minimum absolute atomic E-state index is 0.956. The van der Waals surface area contributed by atoms with Crippen LogP contribution in [0.15, 0.2) is 36.5 Å². The summed E-state index contributed by atoms with van der Waals surface area (Å²) in [4.78, 5) is 10.2. The molecule has 1 aromatic heterocycles. The molecule has 0 saturated carbocycles. The number of nitrogens with zero attached hydrogens (tertiary/aromatic N) is 2. The SMILES string of the molecule is C1=C(c2cnc3ccccc3n2)SSC1. The predicted molar refractivity (Wildman–Crippen MR) is 67.6 cm³/mol. The van der Waals surface area contributed by atoms with Crippen LogP contribution in [0.5, 0.6) is 0 Å². The van der Waals surface area contributed by atoms with Crippen molar-refractivity contribution in [2.24, 2.45) is 0 Å². The van der Waals surface area contributed by atoms with Gasteiger partial charge in [0.15, 0.2) is 0 Å². The van der Waals surface area contributed by atoms with E-state index in [1.165, 1.54) is 4.91 Å². The van der Waals surface area contributed by atoms with Crippen LogP contribution in [0.25, 0.3) is 15.9 Å². The molecule has 0 amide bonds. The summed E-state index contributed by atoms with van der Waals surface area (Å²) in [6.07, 6.45) is 4.06. The molecular formula is C11H8N2S2. The van der Waals surface area contributed by atoms with Gasteiger partial charge in [0.05, 0.1) is 22.9 Å². The summed E-state index contributed by atoms with van der Waals surface area (Å²) >= 11 is 0. The van der Waals surface area contributed by atoms with E-state index in [2.05, 4.69) is 16.0 Å². The Morgan fingerprint density at radius 1 is 1.13 bits per heavy atom. The summed E-state index contributed by atoms with van der Waals surface area (Å²) < 4.78 is 0. The first-order valence-electron chi connectivity index (χ1n) is 4.65. The molecule has 74 valence electrons.